The molecule has 0 radical (unpaired) electrons. The second kappa shape index (κ2) is 8.87. The van der Waals surface area contributed by atoms with Crippen LogP contribution in [0.5, 0.6) is 5.75 Å². The second-order valence-corrected chi connectivity index (χ2v) is 8.24. The van der Waals surface area contributed by atoms with Crippen LogP contribution >= 0.6 is 11.6 Å². The van der Waals surface area contributed by atoms with Crippen molar-refractivity contribution in [1.29, 1.82) is 0 Å². The lowest BCUT2D eigenvalue weighted by atomic mass is 10.0. The summed E-state index contributed by atoms with van der Waals surface area (Å²) in [5, 5.41) is 0.371. The number of hydrogen-bond acceptors (Lipinski definition) is 5. The maximum Gasteiger partial charge on any atom is 0.310 e. The van der Waals surface area contributed by atoms with Gasteiger partial charge in [-0.3, -0.25) is 4.79 Å². The Morgan fingerprint density at radius 3 is 2.80 bits per heavy atom. The summed E-state index contributed by atoms with van der Waals surface area (Å²) in [4.78, 5) is 12.1. The molecule has 1 aliphatic rings. The quantitative estimate of drug-likeness (QED) is 0.670. The summed E-state index contributed by atoms with van der Waals surface area (Å²) in [7, 11) is -3.72. The van der Waals surface area contributed by atoms with Crippen molar-refractivity contribution in [1.82, 2.24) is 4.31 Å². The number of rotatable bonds is 7. The van der Waals surface area contributed by atoms with Gasteiger partial charge in [0.1, 0.15) is 5.75 Å². The van der Waals surface area contributed by atoms with Gasteiger partial charge in [-0.2, -0.15) is 4.31 Å². The molecule has 0 saturated carbocycles. The van der Waals surface area contributed by atoms with Gasteiger partial charge in [0, 0.05) is 19.2 Å². The largest absolute Gasteiger partial charge is 0.492 e. The number of esters is 1. The molecule has 0 unspecified atom stereocenters. The second-order valence-electron chi connectivity index (χ2n) is 5.89. The lowest BCUT2D eigenvalue weighted by molar-refractivity contribution is -0.149. The number of halogens is 1. The summed E-state index contributed by atoms with van der Waals surface area (Å²) < 4.78 is 37.7. The Balaban J connectivity index is 2.21. The normalized spacial score (nSPS) is 18.8. The Hall–Kier alpha value is -1.31. The molecule has 140 valence electrons. The van der Waals surface area contributed by atoms with E-state index in [0.29, 0.717) is 36.8 Å². The number of piperidine rings is 1. The first-order chi connectivity index (χ1) is 11.9. The average molecular weight is 390 g/mol. The number of carbonyl (C=O) groups is 1. The standard InChI is InChI=1S/C17H24ClNO5S/c1-3-10-24-16-11-14(7-8-15(16)18)25(21,22)19-9-5-6-13(12-19)17(20)23-4-2/h7-8,11,13H,3-6,9-10,12H2,1-2H3/t13-/m1/s1. The fraction of sp³-hybridized carbons (Fsp3) is 0.588. The van der Waals surface area contributed by atoms with Gasteiger partial charge in [0.2, 0.25) is 10.0 Å². The first-order valence-electron chi connectivity index (χ1n) is 8.49. The first kappa shape index (κ1) is 20.0. The molecule has 0 bridgehead atoms. The maximum absolute atomic E-state index is 12.9. The Bertz CT molecular complexity index is 707. The minimum atomic E-state index is -3.72. The molecule has 8 heteroatoms. The smallest absolute Gasteiger partial charge is 0.310 e. The maximum atomic E-state index is 12.9. The number of nitrogens with zero attached hydrogens (tertiary/aromatic N) is 1. The predicted molar refractivity (Wildman–Crippen MR) is 95.4 cm³/mol. The van der Waals surface area contributed by atoms with Gasteiger partial charge < -0.3 is 9.47 Å². The number of carbonyl (C=O) groups excluding carboxylic acids is 1. The van der Waals surface area contributed by atoms with Crippen LogP contribution in [0.25, 0.3) is 0 Å². The van der Waals surface area contributed by atoms with Gasteiger partial charge in [0.15, 0.2) is 0 Å². The van der Waals surface area contributed by atoms with Crippen molar-refractivity contribution in [2.75, 3.05) is 26.3 Å². The Morgan fingerprint density at radius 1 is 1.36 bits per heavy atom. The molecule has 1 fully saturated rings. The predicted octanol–water partition coefficient (Wildman–Crippen LogP) is 3.09. The van der Waals surface area contributed by atoms with Gasteiger partial charge in [0.25, 0.3) is 0 Å². The number of hydrogen-bond donors (Lipinski definition) is 0. The van der Waals surface area contributed by atoms with E-state index in [-0.39, 0.29) is 24.0 Å². The van der Waals surface area contributed by atoms with Crippen molar-refractivity contribution >= 4 is 27.6 Å². The van der Waals surface area contributed by atoms with Crippen molar-refractivity contribution in [3.8, 4) is 5.75 Å². The summed E-state index contributed by atoms with van der Waals surface area (Å²) in [5.41, 5.74) is 0. The van der Waals surface area contributed by atoms with Crippen LogP contribution in [0.15, 0.2) is 23.1 Å². The minimum absolute atomic E-state index is 0.118. The molecule has 1 aliphatic heterocycles. The Labute approximate surface area is 154 Å². The average Bonchev–Trinajstić information content (AvgIpc) is 2.61. The fourth-order valence-electron chi connectivity index (χ4n) is 2.73. The van der Waals surface area contributed by atoms with Crippen molar-refractivity contribution in [3.05, 3.63) is 23.2 Å². The lowest BCUT2D eigenvalue weighted by Crippen LogP contribution is -2.42. The molecule has 0 aliphatic carbocycles. The van der Waals surface area contributed by atoms with Gasteiger partial charge in [0.05, 0.1) is 29.0 Å². The van der Waals surface area contributed by atoms with Crippen LogP contribution in [0.4, 0.5) is 0 Å². The third-order valence-electron chi connectivity index (χ3n) is 4.01. The molecule has 6 nitrogen and oxygen atoms in total. The Morgan fingerprint density at radius 2 is 2.12 bits per heavy atom. The highest BCUT2D eigenvalue weighted by Crippen LogP contribution is 2.31. The molecule has 0 amide bonds. The molecule has 0 aromatic heterocycles. The highest BCUT2D eigenvalue weighted by atomic mass is 35.5. The minimum Gasteiger partial charge on any atom is -0.492 e. The van der Waals surface area contributed by atoms with E-state index in [4.69, 9.17) is 21.1 Å². The fourth-order valence-corrected chi connectivity index (χ4v) is 4.44. The summed E-state index contributed by atoms with van der Waals surface area (Å²) >= 11 is 6.07. The van der Waals surface area contributed by atoms with E-state index in [1.54, 1.807) is 6.92 Å². The highest BCUT2D eigenvalue weighted by Gasteiger charge is 2.34. The van der Waals surface area contributed by atoms with E-state index in [1.165, 1.54) is 22.5 Å². The third-order valence-corrected chi connectivity index (χ3v) is 6.18. The molecule has 0 spiro atoms. The topological polar surface area (TPSA) is 72.9 Å². The molecular formula is C17H24ClNO5S. The van der Waals surface area contributed by atoms with Crippen molar-refractivity contribution in [3.63, 3.8) is 0 Å². The van der Waals surface area contributed by atoms with E-state index in [2.05, 4.69) is 0 Å². The molecule has 1 aromatic rings. The number of ether oxygens (including phenoxy) is 2. The highest BCUT2D eigenvalue weighted by molar-refractivity contribution is 7.89. The van der Waals surface area contributed by atoms with Crippen LogP contribution in [0.1, 0.15) is 33.1 Å². The number of sulfonamides is 1. The van der Waals surface area contributed by atoms with Crippen LogP contribution < -0.4 is 4.74 Å². The molecule has 1 aromatic carbocycles. The summed E-state index contributed by atoms with van der Waals surface area (Å²) in [6.07, 6.45) is 2.05. The van der Waals surface area contributed by atoms with Crippen molar-refractivity contribution in [2.45, 2.75) is 38.0 Å². The van der Waals surface area contributed by atoms with E-state index in [1.807, 2.05) is 6.92 Å². The Kier molecular flexibility index (Phi) is 7.10. The summed E-state index contributed by atoms with van der Waals surface area (Å²) in [6.45, 7) is 4.95. The molecular weight excluding hydrogens is 366 g/mol. The van der Waals surface area contributed by atoms with Crippen molar-refractivity contribution < 1.29 is 22.7 Å². The summed E-state index contributed by atoms with van der Waals surface area (Å²) in [6, 6.07) is 4.43. The van der Waals surface area contributed by atoms with Gasteiger partial charge >= 0.3 is 5.97 Å². The molecule has 25 heavy (non-hydrogen) atoms. The van der Waals surface area contributed by atoms with Crippen LogP contribution in [0.2, 0.25) is 5.02 Å². The molecule has 2 rings (SSSR count). The lowest BCUT2D eigenvalue weighted by Gasteiger charge is -2.30. The van der Waals surface area contributed by atoms with Gasteiger partial charge in [-0.1, -0.05) is 18.5 Å². The van der Waals surface area contributed by atoms with E-state index in [0.717, 1.165) is 6.42 Å². The van der Waals surface area contributed by atoms with Gasteiger partial charge in [-0.25, -0.2) is 8.42 Å². The molecule has 0 N–H and O–H groups in total. The first-order valence-corrected chi connectivity index (χ1v) is 10.3. The van der Waals surface area contributed by atoms with Crippen LogP contribution in [0.3, 0.4) is 0 Å². The zero-order valence-electron chi connectivity index (χ0n) is 14.5. The molecule has 1 atom stereocenters. The van der Waals surface area contributed by atoms with E-state index < -0.39 is 15.9 Å². The van der Waals surface area contributed by atoms with E-state index in [9.17, 15) is 13.2 Å². The zero-order chi connectivity index (χ0) is 18.4. The number of benzene rings is 1. The van der Waals surface area contributed by atoms with E-state index >= 15 is 0 Å². The van der Waals surface area contributed by atoms with Crippen LogP contribution in [-0.4, -0.2) is 45.0 Å². The SMILES string of the molecule is CCCOc1cc(S(=O)(=O)N2CCC[C@@H](C(=O)OCC)C2)ccc1Cl. The van der Waals surface area contributed by atoms with Crippen LogP contribution in [-0.2, 0) is 19.6 Å². The molecule has 1 heterocycles. The zero-order valence-corrected chi connectivity index (χ0v) is 16.1. The van der Waals surface area contributed by atoms with Gasteiger partial charge in [-0.15, -0.1) is 0 Å². The van der Waals surface area contributed by atoms with Crippen molar-refractivity contribution in [2.24, 2.45) is 5.92 Å². The summed E-state index contributed by atoms with van der Waals surface area (Å²) in [5.74, 6) is -0.416. The van der Waals surface area contributed by atoms with Gasteiger partial charge in [-0.05, 0) is 38.3 Å². The van der Waals surface area contributed by atoms with Crippen LogP contribution in [0, 0.1) is 5.92 Å². The third kappa shape index (κ3) is 4.86. The molecule has 1 saturated heterocycles. The monoisotopic (exact) mass is 389 g/mol.